The maximum absolute atomic E-state index is 12.5. The molecule has 0 aliphatic carbocycles. The third kappa shape index (κ3) is 5.77. The van der Waals surface area contributed by atoms with E-state index in [-0.39, 0.29) is 23.8 Å². The van der Waals surface area contributed by atoms with E-state index in [1.165, 1.54) is 30.6 Å². The molecule has 0 saturated heterocycles. The van der Waals surface area contributed by atoms with Crippen LogP contribution in [0.25, 0.3) is 22.6 Å². The first-order chi connectivity index (χ1) is 14.0. The predicted octanol–water partition coefficient (Wildman–Crippen LogP) is 2.93. The molecule has 2 heterocycles. The highest BCUT2D eigenvalue weighted by molar-refractivity contribution is 5.93. The van der Waals surface area contributed by atoms with Crippen molar-refractivity contribution < 1.29 is 27.8 Å². The summed E-state index contributed by atoms with van der Waals surface area (Å²) >= 11 is 0. The van der Waals surface area contributed by atoms with Crippen LogP contribution in [0.3, 0.4) is 0 Å². The van der Waals surface area contributed by atoms with E-state index in [1.54, 1.807) is 13.8 Å². The largest absolute Gasteiger partial charge is 0.573 e. The van der Waals surface area contributed by atoms with E-state index < -0.39 is 17.9 Å². The van der Waals surface area contributed by atoms with Crippen LogP contribution in [0.1, 0.15) is 24.3 Å². The van der Waals surface area contributed by atoms with Crippen molar-refractivity contribution in [2.75, 3.05) is 6.54 Å². The summed E-state index contributed by atoms with van der Waals surface area (Å²) in [7, 11) is 0. The van der Waals surface area contributed by atoms with E-state index in [0.29, 0.717) is 16.8 Å². The quantitative estimate of drug-likeness (QED) is 0.564. The molecule has 0 fully saturated rings. The first-order valence-corrected chi connectivity index (χ1v) is 8.75. The lowest BCUT2D eigenvalue weighted by Gasteiger charge is -2.17. The first kappa shape index (κ1) is 21.2. The molecule has 11 heteroatoms. The number of benzene rings is 1. The van der Waals surface area contributed by atoms with E-state index in [0.717, 1.165) is 12.1 Å². The molecule has 1 amide bonds. The number of H-pyrrole nitrogens is 1. The van der Waals surface area contributed by atoms with Crippen LogP contribution in [0.2, 0.25) is 0 Å². The molecule has 1 aromatic carbocycles. The number of nitrogens with one attached hydrogen (secondary N) is 2. The summed E-state index contributed by atoms with van der Waals surface area (Å²) in [5.74, 6) is -0.716. The van der Waals surface area contributed by atoms with Crippen molar-refractivity contribution >= 4 is 5.91 Å². The lowest BCUT2D eigenvalue weighted by Crippen LogP contribution is -2.38. The van der Waals surface area contributed by atoms with Gasteiger partial charge in [0.1, 0.15) is 11.4 Å². The second-order valence-corrected chi connectivity index (χ2v) is 7.02. The van der Waals surface area contributed by atoms with Crippen LogP contribution in [0.4, 0.5) is 13.2 Å². The fourth-order valence-corrected chi connectivity index (χ4v) is 2.43. The molecule has 3 N–H and O–H groups in total. The van der Waals surface area contributed by atoms with Gasteiger partial charge in [0, 0.05) is 18.3 Å². The lowest BCUT2D eigenvalue weighted by molar-refractivity contribution is -0.274. The standard InChI is InChI=1S/C19H18F3N5O3/c1-18(2,29)10-23-17(28)15-7-14(26-16(27-15)12-8-24-25-9-12)11-3-5-13(6-4-11)30-19(20,21)22/h3-9,29H,10H2,1-2H3,(H,23,28)(H,24,25). The molecule has 0 aliphatic rings. The minimum absolute atomic E-state index is 0.00427. The Kier molecular flexibility index (Phi) is 5.74. The molecule has 0 radical (unpaired) electrons. The van der Waals surface area contributed by atoms with Crippen LogP contribution in [0.15, 0.2) is 42.7 Å². The lowest BCUT2D eigenvalue weighted by atomic mass is 10.1. The smallest absolute Gasteiger partial charge is 0.406 e. The highest BCUT2D eigenvalue weighted by Crippen LogP contribution is 2.27. The average molecular weight is 421 g/mol. The van der Waals surface area contributed by atoms with E-state index in [2.05, 4.69) is 30.2 Å². The zero-order valence-corrected chi connectivity index (χ0v) is 16.0. The fourth-order valence-electron chi connectivity index (χ4n) is 2.43. The van der Waals surface area contributed by atoms with Gasteiger partial charge in [0.2, 0.25) is 0 Å². The Morgan fingerprint density at radius 3 is 2.43 bits per heavy atom. The monoisotopic (exact) mass is 421 g/mol. The summed E-state index contributed by atoms with van der Waals surface area (Å²) < 4.78 is 40.9. The van der Waals surface area contributed by atoms with Crippen LogP contribution in [0, 0.1) is 0 Å². The molecule has 0 bridgehead atoms. The van der Waals surface area contributed by atoms with Crippen molar-refractivity contribution in [2.45, 2.75) is 25.8 Å². The van der Waals surface area contributed by atoms with Gasteiger partial charge in [-0.05, 0) is 44.2 Å². The summed E-state index contributed by atoms with van der Waals surface area (Å²) in [5.41, 5.74) is 0.190. The van der Waals surface area contributed by atoms with Crippen molar-refractivity contribution in [3.8, 4) is 28.4 Å². The molecule has 0 spiro atoms. The predicted molar refractivity (Wildman–Crippen MR) is 100 cm³/mol. The fraction of sp³-hybridized carbons (Fsp3) is 0.263. The van der Waals surface area contributed by atoms with Crippen LogP contribution in [0.5, 0.6) is 5.75 Å². The van der Waals surface area contributed by atoms with Crippen molar-refractivity contribution in [1.29, 1.82) is 0 Å². The van der Waals surface area contributed by atoms with Crippen LogP contribution < -0.4 is 10.1 Å². The first-order valence-electron chi connectivity index (χ1n) is 8.75. The maximum Gasteiger partial charge on any atom is 0.573 e. The third-order valence-corrected chi connectivity index (χ3v) is 3.78. The van der Waals surface area contributed by atoms with Gasteiger partial charge in [0.25, 0.3) is 5.91 Å². The topological polar surface area (TPSA) is 113 Å². The zero-order valence-electron chi connectivity index (χ0n) is 16.0. The van der Waals surface area contributed by atoms with Gasteiger partial charge in [-0.15, -0.1) is 13.2 Å². The molecule has 3 aromatic rings. The Morgan fingerprint density at radius 2 is 1.87 bits per heavy atom. The Balaban J connectivity index is 1.95. The summed E-state index contributed by atoms with van der Waals surface area (Å²) in [6, 6.07) is 6.48. The number of hydrogen-bond acceptors (Lipinski definition) is 6. The van der Waals surface area contributed by atoms with Gasteiger partial charge < -0.3 is 15.2 Å². The number of aromatic amines is 1. The highest BCUT2D eigenvalue weighted by Gasteiger charge is 2.31. The zero-order chi connectivity index (χ0) is 21.9. The Labute approximate surface area is 169 Å². The van der Waals surface area contributed by atoms with Gasteiger partial charge in [0.15, 0.2) is 5.82 Å². The Bertz CT molecular complexity index is 1010. The molecule has 0 saturated carbocycles. The second kappa shape index (κ2) is 8.11. The molecule has 30 heavy (non-hydrogen) atoms. The number of aliphatic hydroxyl groups is 1. The van der Waals surface area contributed by atoms with E-state index >= 15 is 0 Å². The van der Waals surface area contributed by atoms with Gasteiger partial charge in [0.05, 0.1) is 23.1 Å². The maximum atomic E-state index is 12.5. The number of alkyl halides is 3. The van der Waals surface area contributed by atoms with Gasteiger partial charge in [-0.3, -0.25) is 9.89 Å². The Hall–Kier alpha value is -3.47. The molecule has 2 aromatic heterocycles. The number of amides is 1. The minimum atomic E-state index is -4.80. The molecule has 0 atom stereocenters. The number of aromatic nitrogens is 4. The van der Waals surface area contributed by atoms with Crippen molar-refractivity contribution in [2.24, 2.45) is 0 Å². The molecule has 0 aliphatic heterocycles. The van der Waals surface area contributed by atoms with Crippen molar-refractivity contribution in [3.63, 3.8) is 0 Å². The number of rotatable bonds is 6. The molecule has 0 unspecified atom stereocenters. The number of carbonyl (C=O) groups excluding carboxylic acids is 1. The van der Waals surface area contributed by atoms with Gasteiger partial charge in [-0.1, -0.05) is 0 Å². The molecule has 158 valence electrons. The van der Waals surface area contributed by atoms with Crippen LogP contribution >= 0.6 is 0 Å². The molecule has 8 nitrogen and oxygen atoms in total. The normalized spacial score (nSPS) is 11.9. The summed E-state index contributed by atoms with van der Waals surface area (Å²) in [4.78, 5) is 21.1. The van der Waals surface area contributed by atoms with E-state index in [1.807, 2.05) is 0 Å². The summed E-state index contributed by atoms with van der Waals surface area (Å²) in [6.07, 6.45) is -1.79. The van der Waals surface area contributed by atoms with Crippen molar-refractivity contribution in [3.05, 3.63) is 48.4 Å². The molecule has 3 rings (SSSR count). The van der Waals surface area contributed by atoms with Gasteiger partial charge in [-0.2, -0.15) is 5.10 Å². The van der Waals surface area contributed by atoms with Crippen molar-refractivity contribution in [1.82, 2.24) is 25.5 Å². The number of carbonyl (C=O) groups is 1. The van der Waals surface area contributed by atoms with Gasteiger partial charge >= 0.3 is 6.36 Å². The van der Waals surface area contributed by atoms with E-state index in [9.17, 15) is 23.1 Å². The summed E-state index contributed by atoms with van der Waals surface area (Å²) in [6.45, 7) is 3.08. The van der Waals surface area contributed by atoms with Crippen LogP contribution in [-0.2, 0) is 0 Å². The number of ether oxygens (including phenoxy) is 1. The second-order valence-electron chi connectivity index (χ2n) is 7.02. The SMILES string of the molecule is CC(C)(O)CNC(=O)c1cc(-c2ccc(OC(F)(F)F)cc2)nc(-c2cn[nH]c2)n1. The molecular weight excluding hydrogens is 403 g/mol. The minimum Gasteiger partial charge on any atom is -0.406 e. The Morgan fingerprint density at radius 1 is 1.17 bits per heavy atom. The number of hydrogen-bond donors (Lipinski definition) is 3. The summed E-state index contributed by atoms with van der Waals surface area (Å²) in [5, 5.41) is 18.8. The highest BCUT2D eigenvalue weighted by atomic mass is 19.4. The van der Waals surface area contributed by atoms with E-state index in [4.69, 9.17) is 0 Å². The third-order valence-electron chi connectivity index (χ3n) is 3.78. The molecular formula is C19H18F3N5O3. The average Bonchev–Trinajstić information content (AvgIpc) is 3.19. The number of nitrogens with zero attached hydrogens (tertiary/aromatic N) is 3. The number of halogens is 3. The van der Waals surface area contributed by atoms with Gasteiger partial charge in [-0.25, -0.2) is 9.97 Å². The van der Waals surface area contributed by atoms with Crippen LogP contribution in [-0.4, -0.2) is 49.7 Å².